The highest BCUT2D eigenvalue weighted by molar-refractivity contribution is 5.48. The van der Waals surface area contributed by atoms with Crippen LogP contribution in [0.1, 0.15) is 22.3 Å². The third kappa shape index (κ3) is 3.17. The second kappa shape index (κ2) is 6.79. The lowest BCUT2D eigenvalue weighted by molar-refractivity contribution is 0.145. The SMILES string of the molecule is C#Cc1ccc(C#CC(O)(c2ccncc2)c2ccncc2)cc1. The van der Waals surface area contributed by atoms with Gasteiger partial charge in [0.2, 0.25) is 0 Å². The van der Waals surface area contributed by atoms with Crippen molar-refractivity contribution in [1.29, 1.82) is 0 Å². The molecule has 0 aliphatic rings. The largest absolute Gasteiger partial charge is 0.369 e. The number of rotatable bonds is 2. The summed E-state index contributed by atoms with van der Waals surface area (Å²) in [6.07, 6.45) is 11.9. The number of hydrogen-bond acceptors (Lipinski definition) is 3. The Morgan fingerprint density at radius 3 is 1.67 bits per heavy atom. The first kappa shape index (κ1) is 15.5. The fourth-order valence-corrected chi connectivity index (χ4v) is 2.31. The Morgan fingerprint density at radius 1 is 0.750 bits per heavy atom. The average Bonchev–Trinajstić information content (AvgIpc) is 2.68. The quantitative estimate of drug-likeness (QED) is 0.740. The molecule has 3 heteroatoms. The Morgan fingerprint density at radius 2 is 1.21 bits per heavy atom. The Kier molecular flexibility index (Phi) is 4.38. The van der Waals surface area contributed by atoms with Crippen LogP contribution in [0.3, 0.4) is 0 Å². The van der Waals surface area contributed by atoms with Crippen LogP contribution in [0.2, 0.25) is 0 Å². The van der Waals surface area contributed by atoms with Gasteiger partial charge in [-0.05, 0) is 48.5 Å². The maximum atomic E-state index is 11.3. The Hall–Kier alpha value is -3.40. The summed E-state index contributed by atoms with van der Waals surface area (Å²) in [6, 6.07) is 14.3. The van der Waals surface area contributed by atoms with Crippen LogP contribution in [0, 0.1) is 24.2 Å². The Bertz CT molecular complexity index is 875. The molecule has 0 aliphatic carbocycles. The van der Waals surface area contributed by atoms with Crippen molar-refractivity contribution >= 4 is 0 Å². The van der Waals surface area contributed by atoms with Gasteiger partial charge in [0.1, 0.15) is 0 Å². The fourth-order valence-electron chi connectivity index (χ4n) is 2.31. The summed E-state index contributed by atoms with van der Waals surface area (Å²) < 4.78 is 0. The van der Waals surface area contributed by atoms with Crippen LogP contribution >= 0.6 is 0 Å². The molecule has 0 bridgehead atoms. The van der Waals surface area contributed by atoms with Gasteiger partial charge in [-0.15, -0.1) is 6.42 Å². The molecule has 1 N–H and O–H groups in total. The molecule has 0 saturated carbocycles. The minimum absolute atomic E-state index is 0.649. The van der Waals surface area contributed by atoms with E-state index in [9.17, 15) is 5.11 Å². The second-order valence-corrected chi connectivity index (χ2v) is 5.15. The smallest absolute Gasteiger partial charge is 0.177 e. The molecular formula is C21H14N2O. The first-order chi connectivity index (χ1) is 11.7. The van der Waals surface area contributed by atoms with Gasteiger partial charge in [0.05, 0.1) is 0 Å². The minimum Gasteiger partial charge on any atom is -0.369 e. The van der Waals surface area contributed by atoms with Gasteiger partial charge in [0.25, 0.3) is 0 Å². The number of benzene rings is 1. The Labute approximate surface area is 141 Å². The zero-order valence-corrected chi connectivity index (χ0v) is 12.8. The molecule has 2 aromatic heterocycles. The van der Waals surface area contributed by atoms with E-state index >= 15 is 0 Å². The second-order valence-electron chi connectivity index (χ2n) is 5.15. The van der Waals surface area contributed by atoms with Crippen LogP contribution in [-0.4, -0.2) is 15.1 Å². The number of nitrogens with zero attached hydrogens (tertiary/aromatic N) is 2. The molecule has 3 nitrogen and oxygen atoms in total. The predicted molar refractivity (Wildman–Crippen MR) is 92.7 cm³/mol. The van der Waals surface area contributed by atoms with Crippen molar-refractivity contribution in [3.63, 3.8) is 0 Å². The van der Waals surface area contributed by atoms with E-state index in [1.165, 1.54) is 0 Å². The molecule has 0 aliphatic heterocycles. The third-order valence-corrected chi connectivity index (χ3v) is 3.64. The fraction of sp³-hybridized carbons (Fsp3) is 0.0476. The summed E-state index contributed by atoms with van der Waals surface area (Å²) in [6.45, 7) is 0. The maximum absolute atomic E-state index is 11.3. The number of aliphatic hydroxyl groups is 1. The van der Waals surface area contributed by atoms with Gasteiger partial charge in [0.15, 0.2) is 5.60 Å². The van der Waals surface area contributed by atoms with E-state index in [0.29, 0.717) is 11.1 Å². The zero-order chi connectivity index (χ0) is 16.8. The van der Waals surface area contributed by atoms with E-state index in [1.807, 2.05) is 24.3 Å². The standard InChI is InChI=1S/C21H14N2O/c1-2-17-3-5-18(6-4-17)7-12-21(24,19-8-13-22-14-9-19)20-10-15-23-16-11-20/h1,3-6,8-11,13-16,24H. The highest BCUT2D eigenvalue weighted by Crippen LogP contribution is 2.28. The van der Waals surface area contributed by atoms with E-state index < -0.39 is 5.60 Å². The van der Waals surface area contributed by atoms with Crippen molar-refractivity contribution in [2.45, 2.75) is 5.60 Å². The van der Waals surface area contributed by atoms with Gasteiger partial charge in [-0.3, -0.25) is 9.97 Å². The van der Waals surface area contributed by atoms with Crippen molar-refractivity contribution in [3.05, 3.63) is 95.6 Å². The van der Waals surface area contributed by atoms with Gasteiger partial charge < -0.3 is 5.11 Å². The minimum atomic E-state index is -1.45. The van der Waals surface area contributed by atoms with Crippen molar-refractivity contribution < 1.29 is 5.11 Å². The highest BCUT2D eigenvalue weighted by atomic mass is 16.3. The summed E-state index contributed by atoms with van der Waals surface area (Å²) in [7, 11) is 0. The Balaban J connectivity index is 2.07. The van der Waals surface area contributed by atoms with Crippen molar-refractivity contribution in [2.75, 3.05) is 0 Å². The van der Waals surface area contributed by atoms with E-state index in [0.717, 1.165) is 11.1 Å². The third-order valence-electron chi connectivity index (χ3n) is 3.64. The van der Waals surface area contributed by atoms with E-state index in [2.05, 4.69) is 27.7 Å². The van der Waals surface area contributed by atoms with Gasteiger partial charge in [-0.25, -0.2) is 0 Å². The van der Waals surface area contributed by atoms with Gasteiger partial charge in [0, 0.05) is 47.0 Å². The summed E-state index contributed by atoms with van der Waals surface area (Å²) in [5, 5.41) is 11.3. The summed E-state index contributed by atoms with van der Waals surface area (Å²) >= 11 is 0. The molecule has 0 saturated heterocycles. The van der Waals surface area contributed by atoms with E-state index in [1.54, 1.807) is 49.1 Å². The van der Waals surface area contributed by atoms with Crippen LogP contribution < -0.4 is 0 Å². The van der Waals surface area contributed by atoms with Crippen LogP contribution in [0.4, 0.5) is 0 Å². The average molecular weight is 310 g/mol. The van der Waals surface area contributed by atoms with Crippen LogP contribution in [-0.2, 0) is 5.60 Å². The molecule has 3 aromatic rings. The van der Waals surface area contributed by atoms with Crippen molar-refractivity contribution in [3.8, 4) is 24.2 Å². The van der Waals surface area contributed by atoms with Crippen LogP contribution in [0.15, 0.2) is 73.3 Å². The molecular weight excluding hydrogens is 296 g/mol. The molecule has 2 heterocycles. The summed E-state index contributed by atoms with van der Waals surface area (Å²) in [4.78, 5) is 8.00. The lowest BCUT2D eigenvalue weighted by atomic mass is 9.88. The van der Waals surface area contributed by atoms with Gasteiger partial charge in [-0.2, -0.15) is 0 Å². The molecule has 0 unspecified atom stereocenters. The van der Waals surface area contributed by atoms with Crippen molar-refractivity contribution in [1.82, 2.24) is 9.97 Å². The van der Waals surface area contributed by atoms with Crippen molar-refractivity contribution in [2.24, 2.45) is 0 Å². The number of pyridine rings is 2. The number of terminal acetylenes is 1. The lowest BCUT2D eigenvalue weighted by Gasteiger charge is -2.23. The van der Waals surface area contributed by atoms with E-state index in [4.69, 9.17) is 6.42 Å². The topological polar surface area (TPSA) is 46.0 Å². The molecule has 114 valence electrons. The zero-order valence-electron chi connectivity index (χ0n) is 12.8. The summed E-state index contributed by atoms with van der Waals surface area (Å²) in [5.41, 5.74) is 1.42. The molecule has 0 atom stereocenters. The number of hydrogen-bond donors (Lipinski definition) is 1. The molecule has 3 rings (SSSR count). The first-order valence-electron chi connectivity index (χ1n) is 7.35. The monoisotopic (exact) mass is 310 g/mol. The predicted octanol–water partition coefficient (Wildman–Crippen LogP) is 2.75. The molecule has 0 radical (unpaired) electrons. The first-order valence-corrected chi connectivity index (χ1v) is 7.35. The molecule has 24 heavy (non-hydrogen) atoms. The normalized spacial score (nSPS) is 10.3. The van der Waals surface area contributed by atoms with Crippen LogP contribution in [0.5, 0.6) is 0 Å². The maximum Gasteiger partial charge on any atom is 0.177 e. The molecule has 0 spiro atoms. The summed E-state index contributed by atoms with van der Waals surface area (Å²) in [5.74, 6) is 8.57. The highest BCUT2D eigenvalue weighted by Gasteiger charge is 2.29. The molecule has 0 fully saturated rings. The number of aromatic nitrogens is 2. The molecule has 1 aromatic carbocycles. The van der Waals surface area contributed by atoms with Gasteiger partial charge in [-0.1, -0.05) is 17.8 Å². The lowest BCUT2D eigenvalue weighted by Crippen LogP contribution is -2.25. The van der Waals surface area contributed by atoms with Gasteiger partial charge >= 0.3 is 0 Å². The van der Waals surface area contributed by atoms with Crippen LogP contribution in [0.25, 0.3) is 0 Å². The molecule has 0 amide bonds. The van der Waals surface area contributed by atoms with E-state index in [-0.39, 0.29) is 0 Å².